The van der Waals surface area contributed by atoms with Crippen molar-refractivity contribution in [1.82, 2.24) is 10.2 Å². The third kappa shape index (κ3) is 6.43. The van der Waals surface area contributed by atoms with Crippen LogP contribution in [0.1, 0.15) is 51.6 Å². The van der Waals surface area contributed by atoms with E-state index < -0.39 is 5.60 Å². The minimum atomic E-state index is -0.451. The predicted molar refractivity (Wildman–Crippen MR) is 101 cm³/mol. The van der Waals surface area contributed by atoms with E-state index in [4.69, 9.17) is 11.2 Å². The average Bonchev–Trinajstić information content (AvgIpc) is 2.58. The molecule has 2 atom stereocenters. The molecule has 1 N–H and O–H groups in total. The van der Waals surface area contributed by atoms with E-state index >= 15 is 0 Å². The lowest BCUT2D eigenvalue weighted by molar-refractivity contribution is 0.0165. The van der Waals surface area contributed by atoms with E-state index in [1.54, 1.807) is 0 Å². The molecule has 1 aliphatic heterocycles. The van der Waals surface area contributed by atoms with Crippen LogP contribution in [0.15, 0.2) is 30.3 Å². The lowest BCUT2D eigenvalue weighted by Gasteiger charge is -2.34. The molecule has 2 rings (SSSR count). The number of amides is 1. The molecule has 0 spiro atoms. The summed E-state index contributed by atoms with van der Waals surface area (Å²) in [6.45, 7) is 8.06. The summed E-state index contributed by atoms with van der Waals surface area (Å²) < 4.78 is 5.50. The van der Waals surface area contributed by atoms with Crippen LogP contribution in [0.3, 0.4) is 0 Å². The van der Waals surface area contributed by atoms with Crippen molar-refractivity contribution in [2.24, 2.45) is 5.92 Å². The number of ether oxygens (including phenoxy) is 1. The normalized spacial score (nSPS) is 19.1. The maximum atomic E-state index is 12.3. The second-order valence-electron chi connectivity index (χ2n) is 7.71. The Kier molecular flexibility index (Phi) is 6.90. The Morgan fingerprint density at radius 3 is 2.76 bits per heavy atom. The fourth-order valence-electron chi connectivity index (χ4n) is 3.14. The predicted octanol–water partition coefficient (Wildman–Crippen LogP) is 3.99. The van der Waals surface area contributed by atoms with Crippen LogP contribution in [0.2, 0.25) is 0 Å². The van der Waals surface area contributed by atoms with Gasteiger partial charge < -0.3 is 15.0 Å². The highest BCUT2D eigenvalue weighted by Gasteiger charge is 2.27. The van der Waals surface area contributed by atoms with Crippen LogP contribution in [0, 0.1) is 18.3 Å². The molecule has 0 aliphatic carbocycles. The molecule has 0 saturated carbocycles. The van der Waals surface area contributed by atoms with Gasteiger partial charge >= 0.3 is 6.09 Å². The van der Waals surface area contributed by atoms with Gasteiger partial charge in [-0.15, -0.1) is 12.3 Å². The third-order valence-corrected chi connectivity index (χ3v) is 4.35. The standard InChI is InChI=1S/C21H30N2O2/c1-5-10-19(18-12-7-6-8-13-18)22-15-17-11-9-14-23(16-17)20(24)25-21(2,3)4/h1,6-8,12-13,17,19,22H,9-11,14-16H2,2-4H3/t17-,19+/m0/s1. The van der Waals surface area contributed by atoms with Gasteiger partial charge in [-0.2, -0.15) is 0 Å². The zero-order valence-electron chi connectivity index (χ0n) is 15.6. The fourth-order valence-corrected chi connectivity index (χ4v) is 3.14. The van der Waals surface area contributed by atoms with Crippen molar-refractivity contribution in [3.05, 3.63) is 35.9 Å². The Balaban J connectivity index is 1.89. The first-order valence-corrected chi connectivity index (χ1v) is 9.09. The van der Waals surface area contributed by atoms with Gasteiger partial charge in [0.15, 0.2) is 0 Å². The van der Waals surface area contributed by atoms with E-state index in [1.807, 2.05) is 43.9 Å². The lowest BCUT2D eigenvalue weighted by Crippen LogP contribution is -2.45. The van der Waals surface area contributed by atoms with Crippen LogP contribution in [-0.4, -0.2) is 36.2 Å². The number of benzene rings is 1. The van der Waals surface area contributed by atoms with Crippen LogP contribution in [0.5, 0.6) is 0 Å². The van der Waals surface area contributed by atoms with E-state index in [1.165, 1.54) is 5.56 Å². The van der Waals surface area contributed by atoms with Crippen molar-refractivity contribution in [3.63, 3.8) is 0 Å². The summed E-state index contributed by atoms with van der Waals surface area (Å²) >= 11 is 0. The van der Waals surface area contributed by atoms with Gasteiger partial charge in [-0.1, -0.05) is 30.3 Å². The van der Waals surface area contributed by atoms with Crippen LogP contribution in [-0.2, 0) is 4.74 Å². The van der Waals surface area contributed by atoms with Gasteiger partial charge in [-0.05, 0) is 45.1 Å². The smallest absolute Gasteiger partial charge is 0.410 e. The molecule has 1 aliphatic rings. The van der Waals surface area contributed by atoms with Crippen LogP contribution in [0.4, 0.5) is 4.79 Å². The average molecular weight is 342 g/mol. The summed E-state index contributed by atoms with van der Waals surface area (Å²) in [7, 11) is 0. The highest BCUT2D eigenvalue weighted by Crippen LogP contribution is 2.21. The first-order valence-electron chi connectivity index (χ1n) is 9.09. The second-order valence-corrected chi connectivity index (χ2v) is 7.71. The summed E-state index contributed by atoms with van der Waals surface area (Å²) in [5, 5.41) is 3.59. The first kappa shape index (κ1) is 19.3. The number of rotatable bonds is 5. The molecule has 1 aromatic rings. The number of piperidine rings is 1. The SMILES string of the molecule is C#CC[C@@H](NC[C@@H]1CCCN(C(=O)OC(C)(C)C)C1)c1ccccc1. The summed E-state index contributed by atoms with van der Waals surface area (Å²) in [5.74, 6) is 3.18. The second kappa shape index (κ2) is 8.92. The molecule has 136 valence electrons. The Morgan fingerprint density at radius 1 is 1.40 bits per heavy atom. The Labute approximate surface area is 151 Å². The van der Waals surface area contributed by atoms with Gasteiger partial charge in [0.05, 0.1) is 0 Å². The van der Waals surface area contributed by atoms with Gasteiger partial charge in [-0.25, -0.2) is 4.79 Å². The van der Waals surface area contributed by atoms with Gasteiger partial charge in [0.25, 0.3) is 0 Å². The number of carbonyl (C=O) groups is 1. The Bertz CT molecular complexity index is 586. The number of hydrogen-bond acceptors (Lipinski definition) is 3. The number of hydrogen-bond donors (Lipinski definition) is 1. The molecular formula is C21H30N2O2. The highest BCUT2D eigenvalue weighted by molar-refractivity contribution is 5.68. The van der Waals surface area contributed by atoms with E-state index in [0.717, 1.165) is 32.5 Å². The number of likely N-dealkylation sites (tertiary alicyclic amines) is 1. The molecule has 0 bridgehead atoms. The van der Waals surface area contributed by atoms with Crippen molar-refractivity contribution in [2.45, 2.75) is 51.7 Å². The molecule has 1 aromatic carbocycles. The van der Waals surface area contributed by atoms with E-state index in [9.17, 15) is 4.79 Å². The Morgan fingerprint density at radius 2 is 2.12 bits per heavy atom. The number of nitrogens with zero attached hydrogens (tertiary/aromatic N) is 1. The number of nitrogens with one attached hydrogen (secondary N) is 1. The zero-order chi connectivity index (χ0) is 18.3. The van der Waals surface area contributed by atoms with Gasteiger partial charge in [-0.3, -0.25) is 0 Å². The van der Waals surface area contributed by atoms with E-state index in [-0.39, 0.29) is 12.1 Å². The summed E-state index contributed by atoms with van der Waals surface area (Å²) in [6.07, 6.45) is 8.11. The fraction of sp³-hybridized carbons (Fsp3) is 0.571. The molecule has 0 radical (unpaired) electrons. The van der Waals surface area contributed by atoms with Crippen molar-refractivity contribution in [3.8, 4) is 12.3 Å². The quantitative estimate of drug-likeness (QED) is 0.823. The molecular weight excluding hydrogens is 312 g/mol. The van der Waals surface area contributed by atoms with E-state index in [2.05, 4.69) is 23.4 Å². The molecule has 1 heterocycles. The maximum absolute atomic E-state index is 12.3. The molecule has 1 fully saturated rings. The van der Waals surface area contributed by atoms with Crippen molar-refractivity contribution in [1.29, 1.82) is 0 Å². The van der Waals surface area contributed by atoms with Gasteiger partial charge in [0, 0.05) is 32.1 Å². The molecule has 4 heteroatoms. The topological polar surface area (TPSA) is 41.6 Å². The molecule has 4 nitrogen and oxygen atoms in total. The molecule has 25 heavy (non-hydrogen) atoms. The van der Waals surface area contributed by atoms with Gasteiger partial charge in [0.1, 0.15) is 5.60 Å². The minimum absolute atomic E-state index is 0.156. The molecule has 0 unspecified atom stereocenters. The number of carbonyl (C=O) groups excluding carboxylic acids is 1. The Hall–Kier alpha value is -1.99. The first-order chi connectivity index (χ1) is 11.9. The molecule has 1 saturated heterocycles. The maximum Gasteiger partial charge on any atom is 0.410 e. The van der Waals surface area contributed by atoms with Crippen molar-refractivity contribution in [2.75, 3.05) is 19.6 Å². The molecule has 1 amide bonds. The third-order valence-electron chi connectivity index (χ3n) is 4.35. The van der Waals surface area contributed by atoms with E-state index in [0.29, 0.717) is 12.3 Å². The largest absolute Gasteiger partial charge is 0.444 e. The van der Waals surface area contributed by atoms with Crippen LogP contribution < -0.4 is 5.32 Å². The van der Waals surface area contributed by atoms with Crippen LogP contribution in [0.25, 0.3) is 0 Å². The zero-order valence-corrected chi connectivity index (χ0v) is 15.6. The monoisotopic (exact) mass is 342 g/mol. The summed E-state index contributed by atoms with van der Waals surface area (Å²) in [6, 6.07) is 10.4. The minimum Gasteiger partial charge on any atom is -0.444 e. The summed E-state index contributed by atoms with van der Waals surface area (Å²) in [5.41, 5.74) is 0.758. The van der Waals surface area contributed by atoms with Crippen molar-refractivity contribution < 1.29 is 9.53 Å². The van der Waals surface area contributed by atoms with Crippen molar-refractivity contribution >= 4 is 6.09 Å². The highest BCUT2D eigenvalue weighted by atomic mass is 16.6. The number of terminal acetylenes is 1. The van der Waals surface area contributed by atoms with Gasteiger partial charge in [0.2, 0.25) is 0 Å². The molecule has 0 aromatic heterocycles. The summed E-state index contributed by atoms with van der Waals surface area (Å²) in [4.78, 5) is 14.1. The van der Waals surface area contributed by atoms with Crippen LogP contribution >= 0.6 is 0 Å². The lowest BCUT2D eigenvalue weighted by atomic mass is 9.96.